The van der Waals surface area contributed by atoms with E-state index in [9.17, 15) is 14.9 Å². The molecule has 1 aromatic carbocycles. The molecule has 2 unspecified atom stereocenters. The Morgan fingerprint density at radius 2 is 1.92 bits per heavy atom. The van der Waals surface area contributed by atoms with Crippen LogP contribution in [0.2, 0.25) is 5.02 Å². The third-order valence-corrected chi connectivity index (χ3v) is 4.94. The first-order chi connectivity index (χ1) is 11.9. The number of halogens is 1. The van der Waals surface area contributed by atoms with Gasteiger partial charge < -0.3 is 20.1 Å². The molecule has 2 atom stereocenters. The highest BCUT2D eigenvalue weighted by atomic mass is 35.5. The van der Waals surface area contributed by atoms with E-state index in [1.165, 1.54) is 14.2 Å². The molecular weight excluding hydrogens is 350 g/mol. The van der Waals surface area contributed by atoms with Gasteiger partial charge in [0.15, 0.2) is 5.82 Å². The van der Waals surface area contributed by atoms with Crippen LogP contribution in [-0.4, -0.2) is 36.8 Å². The Morgan fingerprint density at radius 3 is 2.48 bits per heavy atom. The molecule has 1 aromatic rings. The van der Waals surface area contributed by atoms with Gasteiger partial charge in [0, 0.05) is 37.8 Å². The number of carbonyl (C=O) groups excluding carboxylic acids is 1. The highest BCUT2D eigenvalue weighted by Crippen LogP contribution is 2.44. The molecule has 134 valence electrons. The van der Waals surface area contributed by atoms with Crippen LogP contribution >= 0.6 is 11.6 Å². The number of nitro groups is 1. The van der Waals surface area contributed by atoms with Crippen LogP contribution in [0.4, 0.5) is 5.69 Å². The Morgan fingerprint density at radius 1 is 1.28 bits per heavy atom. The summed E-state index contributed by atoms with van der Waals surface area (Å²) in [5.41, 5.74) is 0.473. The summed E-state index contributed by atoms with van der Waals surface area (Å²) >= 11 is 5.87. The minimum atomic E-state index is -1.26. The zero-order chi connectivity index (χ0) is 18.2. The van der Waals surface area contributed by atoms with Crippen LogP contribution in [0, 0.1) is 16.0 Å². The van der Waals surface area contributed by atoms with E-state index in [1.54, 1.807) is 24.3 Å². The molecule has 0 saturated heterocycles. The second-order valence-corrected chi connectivity index (χ2v) is 6.41. The Labute approximate surface area is 149 Å². The van der Waals surface area contributed by atoms with Crippen LogP contribution in [0.25, 0.3) is 0 Å². The van der Waals surface area contributed by atoms with E-state index in [0.29, 0.717) is 10.7 Å². The molecule has 2 bridgehead atoms. The number of ketones is 1. The summed E-state index contributed by atoms with van der Waals surface area (Å²) in [6.07, 6.45) is 0.150. The summed E-state index contributed by atoms with van der Waals surface area (Å²) in [6.45, 7) is 0. The zero-order valence-corrected chi connectivity index (χ0v) is 14.5. The Hall–Kier alpha value is -2.16. The van der Waals surface area contributed by atoms with E-state index in [-0.39, 0.29) is 30.1 Å². The summed E-state index contributed by atoms with van der Waals surface area (Å²) in [6, 6.07) is 6.25. The van der Waals surface area contributed by atoms with Crippen molar-refractivity contribution in [2.45, 2.75) is 24.7 Å². The van der Waals surface area contributed by atoms with Gasteiger partial charge in [-0.15, -0.1) is 0 Å². The molecule has 1 heterocycles. The Balaban J connectivity index is 2.06. The van der Waals surface area contributed by atoms with Gasteiger partial charge in [0.05, 0.1) is 11.0 Å². The number of anilines is 1. The molecule has 8 nitrogen and oxygen atoms in total. The lowest BCUT2D eigenvalue weighted by molar-refractivity contribution is -0.450. The van der Waals surface area contributed by atoms with E-state index in [1.807, 2.05) is 0 Å². The van der Waals surface area contributed by atoms with Crippen molar-refractivity contribution in [3.63, 3.8) is 0 Å². The quantitative estimate of drug-likeness (QED) is 0.467. The normalized spacial score (nSPS) is 24.7. The Bertz CT molecular complexity index is 730. The van der Waals surface area contributed by atoms with Crippen molar-refractivity contribution in [2.24, 2.45) is 5.92 Å². The van der Waals surface area contributed by atoms with Gasteiger partial charge in [-0.1, -0.05) is 11.6 Å². The number of rotatable bonds is 5. The fourth-order valence-electron chi connectivity index (χ4n) is 3.58. The fourth-order valence-corrected chi connectivity index (χ4v) is 3.70. The van der Waals surface area contributed by atoms with Gasteiger partial charge in [0.25, 0.3) is 5.70 Å². The lowest BCUT2D eigenvalue weighted by Crippen LogP contribution is -2.66. The minimum absolute atomic E-state index is 0.0119. The van der Waals surface area contributed by atoms with E-state index < -0.39 is 22.7 Å². The largest absolute Gasteiger partial charge is 0.358 e. The SMILES string of the molecule is COC1(OC)C2CC(=O)CC1C([N+](=O)[O-])=C(Nc1ccc(Cl)cc1)N2. The smallest absolute Gasteiger partial charge is 0.295 e. The number of nitrogens with zero attached hydrogens (tertiary/aromatic N) is 1. The summed E-state index contributed by atoms with van der Waals surface area (Å²) in [4.78, 5) is 23.3. The van der Waals surface area contributed by atoms with Crippen LogP contribution in [0.5, 0.6) is 0 Å². The first-order valence-electron chi connectivity index (χ1n) is 7.71. The number of nitrogens with one attached hydrogen (secondary N) is 2. The second kappa shape index (κ2) is 6.62. The van der Waals surface area contributed by atoms with E-state index in [4.69, 9.17) is 21.1 Å². The van der Waals surface area contributed by atoms with Crippen molar-refractivity contribution in [2.75, 3.05) is 19.5 Å². The average molecular weight is 368 g/mol. The number of Topliss-reactive ketones (excluding diaryl/α,β-unsaturated/α-hetero) is 1. The van der Waals surface area contributed by atoms with Gasteiger partial charge >= 0.3 is 0 Å². The van der Waals surface area contributed by atoms with E-state index in [2.05, 4.69) is 10.6 Å². The molecule has 0 aromatic heterocycles. The maximum absolute atomic E-state index is 12.0. The van der Waals surface area contributed by atoms with Crippen LogP contribution < -0.4 is 10.6 Å². The third-order valence-electron chi connectivity index (χ3n) is 4.69. The first-order valence-corrected chi connectivity index (χ1v) is 8.08. The van der Waals surface area contributed by atoms with Crippen molar-refractivity contribution >= 4 is 23.1 Å². The maximum atomic E-state index is 12.0. The first kappa shape index (κ1) is 17.7. The molecule has 0 amide bonds. The molecule has 0 radical (unpaired) electrons. The molecule has 0 spiro atoms. The summed E-state index contributed by atoms with van der Waals surface area (Å²) in [7, 11) is 2.85. The second-order valence-electron chi connectivity index (χ2n) is 5.98. The van der Waals surface area contributed by atoms with Crippen LogP contribution in [-0.2, 0) is 14.3 Å². The zero-order valence-electron chi connectivity index (χ0n) is 13.7. The number of benzene rings is 1. The van der Waals surface area contributed by atoms with E-state index in [0.717, 1.165) is 0 Å². The summed E-state index contributed by atoms with van der Waals surface area (Å²) < 4.78 is 11.0. The van der Waals surface area contributed by atoms with Gasteiger partial charge in [0.2, 0.25) is 5.79 Å². The van der Waals surface area contributed by atoms with Crippen molar-refractivity contribution in [3.05, 3.63) is 50.9 Å². The van der Waals surface area contributed by atoms with Crippen molar-refractivity contribution in [3.8, 4) is 0 Å². The molecule has 1 aliphatic carbocycles. The molecule has 1 aliphatic heterocycles. The monoisotopic (exact) mass is 367 g/mol. The molecule has 1 saturated carbocycles. The molecule has 25 heavy (non-hydrogen) atoms. The maximum Gasteiger partial charge on any atom is 0.295 e. The number of hydrogen-bond donors (Lipinski definition) is 2. The van der Waals surface area contributed by atoms with Gasteiger partial charge in [-0.05, 0) is 24.3 Å². The number of methoxy groups -OCH3 is 2. The van der Waals surface area contributed by atoms with Crippen molar-refractivity contribution in [1.29, 1.82) is 0 Å². The number of ether oxygens (including phenoxy) is 2. The van der Waals surface area contributed by atoms with Crippen molar-refractivity contribution in [1.82, 2.24) is 5.32 Å². The predicted molar refractivity (Wildman–Crippen MR) is 90.5 cm³/mol. The standard InChI is InChI=1S/C16H18ClN3O5/c1-24-16(25-2)12-7-11(21)8-13(16)19-15(14(12)20(22)23)18-10-5-3-9(17)4-6-10/h3-6,12-13,18-19H,7-8H2,1-2H3. The van der Waals surface area contributed by atoms with Crippen molar-refractivity contribution < 1.29 is 19.2 Å². The number of hydrogen-bond acceptors (Lipinski definition) is 7. The molecule has 3 rings (SSSR count). The predicted octanol–water partition coefficient (Wildman–Crippen LogP) is 2.14. The van der Waals surface area contributed by atoms with E-state index >= 15 is 0 Å². The lowest BCUT2D eigenvalue weighted by atomic mass is 9.74. The average Bonchev–Trinajstić information content (AvgIpc) is 2.56. The van der Waals surface area contributed by atoms with Crippen LogP contribution in [0.15, 0.2) is 35.8 Å². The van der Waals surface area contributed by atoms with Gasteiger partial charge in [-0.3, -0.25) is 14.9 Å². The molecular formula is C16H18ClN3O5. The highest BCUT2D eigenvalue weighted by molar-refractivity contribution is 6.30. The van der Waals surface area contributed by atoms with Gasteiger partial charge in [-0.2, -0.15) is 0 Å². The van der Waals surface area contributed by atoms with Crippen LogP contribution in [0.3, 0.4) is 0 Å². The molecule has 1 fully saturated rings. The Kier molecular flexibility index (Phi) is 4.68. The molecule has 2 N–H and O–H groups in total. The molecule has 2 aliphatic rings. The lowest BCUT2D eigenvalue weighted by Gasteiger charge is -2.48. The van der Waals surface area contributed by atoms with Gasteiger partial charge in [-0.25, -0.2) is 0 Å². The number of fused-ring (bicyclic) bond motifs is 2. The minimum Gasteiger partial charge on any atom is -0.358 e. The van der Waals surface area contributed by atoms with Gasteiger partial charge in [0.1, 0.15) is 11.7 Å². The fraction of sp³-hybridized carbons (Fsp3) is 0.438. The summed E-state index contributed by atoms with van der Waals surface area (Å²) in [5.74, 6) is -1.92. The molecule has 9 heteroatoms. The number of carbonyl (C=O) groups is 1. The topological polar surface area (TPSA) is 103 Å². The highest BCUT2D eigenvalue weighted by Gasteiger charge is 2.60. The van der Waals surface area contributed by atoms with Crippen LogP contribution in [0.1, 0.15) is 12.8 Å². The third kappa shape index (κ3) is 2.97. The summed E-state index contributed by atoms with van der Waals surface area (Å²) in [5, 5.41) is 18.4.